The quantitative estimate of drug-likeness (QED) is 0.338. The predicted octanol–water partition coefficient (Wildman–Crippen LogP) is 5.08. The molecule has 1 heterocycles. The lowest BCUT2D eigenvalue weighted by atomic mass is 9.77. The Bertz CT molecular complexity index is 1390. The van der Waals surface area contributed by atoms with E-state index in [-0.39, 0.29) is 30.6 Å². The number of pyridine rings is 1. The van der Waals surface area contributed by atoms with Crippen LogP contribution in [-0.4, -0.2) is 32.1 Å². The number of nitrogens with one attached hydrogen (secondary N) is 1. The number of nitrogens with zero attached hydrogens (tertiary/aromatic N) is 2. The normalized spacial score (nSPS) is 11.6. The Labute approximate surface area is 221 Å². The molecule has 0 saturated heterocycles. The molecule has 0 fully saturated rings. The van der Waals surface area contributed by atoms with Crippen LogP contribution in [0.2, 0.25) is 5.02 Å². The second-order valence-corrected chi connectivity index (χ2v) is 11.1. The predicted molar refractivity (Wildman–Crippen MR) is 142 cm³/mol. The molecule has 3 aromatic rings. The highest BCUT2D eigenvalue weighted by atomic mass is 35.5. The Morgan fingerprint density at radius 3 is 2.44 bits per heavy atom. The number of anilines is 2. The van der Waals surface area contributed by atoms with Gasteiger partial charge in [0.15, 0.2) is 11.6 Å². The number of benzene rings is 2. The van der Waals surface area contributed by atoms with Crippen molar-refractivity contribution in [2.45, 2.75) is 25.9 Å². The molecule has 36 heavy (non-hydrogen) atoms. The van der Waals surface area contributed by atoms with Crippen molar-refractivity contribution in [1.82, 2.24) is 4.98 Å². The molecular formula is C25H26Cl2N4O4S. The number of ether oxygens (including phenoxy) is 2. The van der Waals surface area contributed by atoms with Crippen LogP contribution in [0.15, 0.2) is 48.7 Å². The smallest absolute Gasteiger partial charge is 0.231 e. The molecule has 3 N–H and O–H groups in total. The van der Waals surface area contributed by atoms with E-state index in [9.17, 15) is 13.7 Å². The first kappa shape index (κ1) is 27.4. The summed E-state index contributed by atoms with van der Waals surface area (Å²) in [4.78, 5) is 3.97. The van der Waals surface area contributed by atoms with Gasteiger partial charge in [0.25, 0.3) is 0 Å². The fourth-order valence-electron chi connectivity index (χ4n) is 3.52. The molecule has 0 unspecified atom stereocenters. The van der Waals surface area contributed by atoms with Crippen LogP contribution in [0.5, 0.6) is 11.5 Å². The first-order chi connectivity index (χ1) is 17.0. The average Bonchev–Trinajstić information content (AvgIpc) is 2.82. The maximum Gasteiger partial charge on any atom is 0.231 e. The van der Waals surface area contributed by atoms with Crippen molar-refractivity contribution in [2.24, 2.45) is 0 Å². The van der Waals surface area contributed by atoms with Crippen molar-refractivity contribution in [3.8, 4) is 17.6 Å². The van der Waals surface area contributed by atoms with Crippen LogP contribution in [0.25, 0.3) is 0 Å². The molecule has 3 rings (SSSR count). The highest BCUT2D eigenvalue weighted by Gasteiger charge is 2.26. The Kier molecular flexibility index (Phi) is 8.56. The number of hydrogen-bond acceptors (Lipinski definition) is 7. The molecule has 0 bridgehead atoms. The minimum atomic E-state index is -3.51. The monoisotopic (exact) mass is 548 g/mol. The Balaban J connectivity index is 1.78. The summed E-state index contributed by atoms with van der Waals surface area (Å²) in [6, 6.07) is 14.9. The summed E-state index contributed by atoms with van der Waals surface area (Å²) in [5, 5.41) is 9.95. The van der Waals surface area contributed by atoms with Gasteiger partial charge in [-0.05, 0) is 41.5 Å². The number of sulfonamides is 1. The molecule has 2 aromatic carbocycles. The van der Waals surface area contributed by atoms with E-state index < -0.39 is 15.4 Å². The van der Waals surface area contributed by atoms with Gasteiger partial charge in [0.05, 0.1) is 28.4 Å². The molecule has 0 atom stereocenters. The number of aromatic nitrogens is 1. The molecule has 0 amide bonds. The topological polar surface area (TPSA) is 127 Å². The van der Waals surface area contributed by atoms with Gasteiger partial charge in [-0.3, -0.25) is 4.72 Å². The second-order valence-electron chi connectivity index (χ2n) is 8.53. The third-order valence-corrected chi connectivity index (χ3v) is 6.54. The Morgan fingerprint density at radius 2 is 1.83 bits per heavy atom. The highest BCUT2D eigenvalue weighted by Crippen LogP contribution is 2.38. The standard InChI is InChI=1S/C25H26Cl2N4O4S/c1-25(2,19-12-17(14-28)23(21(27)13-19)34-11-9-26)18-4-6-20(7-5-18)35-15-16-8-10-30-24(22(16)29)31-36(3,32)33/h4-8,10,12-13H,9,11,15,29H2,1-3H3,(H,30,31). The number of nitriles is 1. The van der Waals surface area contributed by atoms with E-state index in [1.807, 2.05) is 38.1 Å². The largest absolute Gasteiger partial charge is 0.489 e. The van der Waals surface area contributed by atoms with E-state index in [1.54, 1.807) is 18.2 Å². The van der Waals surface area contributed by atoms with Crippen molar-refractivity contribution in [3.05, 3.63) is 75.9 Å². The fourth-order valence-corrected chi connectivity index (χ4v) is 4.38. The molecule has 1 aromatic heterocycles. The van der Waals surface area contributed by atoms with Crippen LogP contribution in [-0.2, 0) is 22.0 Å². The van der Waals surface area contributed by atoms with Crippen molar-refractivity contribution in [3.63, 3.8) is 0 Å². The summed E-state index contributed by atoms with van der Waals surface area (Å²) in [5.74, 6) is 1.28. The van der Waals surface area contributed by atoms with Gasteiger partial charge in [0.1, 0.15) is 25.0 Å². The van der Waals surface area contributed by atoms with E-state index in [2.05, 4.69) is 15.8 Å². The number of rotatable bonds is 10. The zero-order valence-corrected chi connectivity index (χ0v) is 22.3. The fraction of sp³-hybridized carbons (Fsp3) is 0.280. The number of nitrogen functional groups attached to an aromatic ring is 1. The van der Waals surface area contributed by atoms with Crippen LogP contribution >= 0.6 is 23.2 Å². The minimum Gasteiger partial charge on any atom is -0.489 e. The summed E-state index contributed by atoms with van der Waals surface area (Å²) in [6.07, 6.45) is 2.49. The first-order valence-electron chi connectivity index (χ1n) is 10.8. The molecule has 0 spiro atoms. The number of hydrogen-bond donors (Lipinski definition) is 2. The molecule has 190 valence electrons. The summed E-state index contributed by atoms with van der Waals surface area (Å²) < 4.78 is 36.7. The maximum absolute atomic E-state index is 11.5. The van der Waals surface area contributed by atoms with Gasteiger partial charge >= 0.3 is 0 Å². The van der Waals surface area contributed by atoms with Gasteiger partial charge in [-0.2, -0.15) is 5.26 Å². The molecule has 0 saturated carbocycles. The third kappa shape index (κ3) is 6.52. The molecular weight excluding hydrogens is 523 g/mol. The molecule has 11 heteroatoms. The Hall–Kier alpha value is -3.19. The zero-order chi connectivity index (χ0) is 26.5. The highest BCUT2D eigenvalue weighted by molar-refractivity contribution is 7.92. The lowest BCUT2D eigenvalue weighted by Crippen LogP contribution is -2.19. The van der Waals surface area contributed by atoms with Gasteiger partial charge in [-0.25, -0.2) is 13.4 Å². The summed E-state index contributed by atoms with van der Waals surface area (Å²) in [5.41, 5.74) is 8.55. The first-order valence-corrected chi connectivity index (χ1v) is 13.6. The van der Waals surface area contributed by atoms with E-state index >= 15 is 0 Å². The molecule has 0 aliphatic heterocycles. The molecule has 0 aliphatic rings. The molecule has 8 nitrogen and oxygen atoms in total. The van der Waals surface area contributed by atoms with Crippen molar-refractivity contribution in [2.75, 3.05) is 29.2 Å². The van der Waals surface area contributed by atoms with E-state index in [1.165, 1.54) is 6.20 Å². The summed E-state index contributed by atoms with van der Waals surface area (Å²) in [7, 11) is -3.51. The van der Waals surface area contributed by atoms with Gasteiger partial charge in [0.2, 0.25) is 10.0 Å². The lowest BCUT2D eigenvalue weighted by Gasteiger charge is -2.27. The van der Waals surface area contributed by atoms with Crippen LogP contribution in [0, 0.1) is 11.3 Å². The molecule has 0 radical (unpaired) electrons. The number of halogens is 2. The van der Waals surface area contributed by atoms with Crippen molar-refractivity contribution in [1.29, 1.82) is 5.26 Å². The van der Waals surface area contributed by atoms with Crippen LogP contribution in [0.3, 0.4) is 0 Å². The summed E-state index contributed by atoms with van der Waals surface area (Å²) in [6.45, 7) is 4.44. The van der Waals surface area contributed by atoms with Gasteiger partial charge in [0, 0.05) is 17.2 Å². The van der Waals surface area contributed by atoms with Crippen LogP contribution < -0.4 is 19.9 Å². The SMILES string of the molecule is CC(C)(c1ccc(OCc2ccnc(NS(C)(=O)=O)c2N)cc1)c1cc(Cl)c(OCCCl)c(C#N)c1. The maximum atomic E-state index is 11.5. The molecule has 0 aliphatic carbocycles. The number of nitrogens with two attached hydrogens (primary N) is 1. The van der Waals surface area contributed by atoms with E-state index in [0.29, 0.717) is 27.6 Å². The van der Waals surface area contributed by atoms with Crippen LogP contribution in [0.1, 0.15) is 36.1 Å². The number of alkyl halides is 1. The van der Waals surface area contributed by atoms with Crippen molar-refractivity contribution >= 4 is 44.7 Å². The third-order valence-electron chi connectivity index (χ3n) is 5.54. The van der Waals surface area contributed by atoms with Gasteiger partial charge in [-0.1, -0.05) is 37.6 Å². The zero-order valence-electron chi connectivity index (χ0n) is 20.0. The van der Waals surface area contributed by atoms with Crippen LogP contribution in [0.4, 0.5) is 11.5 Å². The van der Waals surface area contributed by atoms with E-state index in [4.69, 9.17) is 38.4 Å². The lowest BCUT2D eigenvalue weighted by molar-refractivity contribution is 0.306. The Morgan fingerprint density at radius 1 is 1.14 bits per heavy atom. The van der Waals surface area contributed by atoms with Gasteiger partial charge < -0.3 is 15.2 Å². The van der Waals surface area contributed by atoms with Gasteiger partial charge in [-0.15, -0.1) is 11.6 Å². The second kappa shape index (κ2) is 11.2. The van der Waals surface area contributed by atoms with Crippen molar-refractivity contribution < 1.29 is 17.9 Å². The average molecular weight is 549 g/mol. The van der Waals surface area contributed by atoms with E-state index in [0.717, 1.165) is 17.4 Å². The minimum absolute atomic E-state index is 0.0603. The summed E-state index contributed by atoms with van der Waals surface area (Å²) >= 11 is 12.1.